The van der Waals surface area contributed by atoms with Crippen molar-refractivity contribution in [2.24, 2.45) is 0 Å². The molecule has 1 aromatic heterocycles. The summed E-state index contributed by atoms with van der Waals surface area (Å²) in [5.74, 6) is -0.334. The van der Waals surface area contributed by atoms with Crippen molar-refractivity contribution in [1.82, 2.24) is 4.98 Å². The maximum atomic E-state index is 13.9. The monoisotopic (exact) mass is 290 g/mol. The lowest BCUT2D eigenvalue weighted by molar-refractivity contribution is 0.574. The lowest BCUT2D eigenvalue weighted by atomic mass is 9.84. The fourth-order valence-electron chi connectivity index (χ4n) is 2.57. The minimum Gasteiger partial charge on any atom is -0.432 e. The van der Waals surface area contributed by atoms with E-state index in [0.717, 1.165) is 22.4 Å². The molecule has 0 fully saturated rings. The van der Waals surface area contributed by atoms with Gasteiger partial charge in [0.1, 0.15) is 5.82 Å². The second kappa shape index (κ2) is 4.75. The first-order chi connectivity index (χ1) is 9.47. The second-order valence-corrected chi connectivity index (χ2v) is 5.45. The Kier molecular flexibility index (Phi) is 3.19. The van der Waals surface area contributed by atoms with Crippen LogP contribution in [0.25, 0.3) is 11.1 Å². The third-order valence-corrected chi connectivity index (χ3v) is 3.91. The number of benzene rings is 1. The van der Waals surface area contributed by atoms with E-state index in [1.54, 1.807) is 30.9 Å². The first-order valence-electron chi connectivity index (χ1n) is 6.35. The first kappa shape index (κ1) is 13.4. The average molecular weight is 291 g/mol. The van der Waals surface area contributed by atoms with E-state index < -0.39 is 7.05 Å². The Bertz CT molecular complexity index is 693. The summed E-state index contributed by atoms with van der Waals surface area (Å²) >= 11 is 5.98. The molecule has 20 heavy (non-hydrogen) atoms. The highest BCUT2D eigenvalue weighted by Crippen LogP contribution is 2.41. The fourth-order valence-corrected chi connectivity index (χ4v) is 2.73. The molecule has 1 aliphatic carbocycles. The van der Waals surface area contributed by atoms with Gasteiger partial charge in [-0.1, -0.05) is 11.6 Å². The van der Waals surface area contributed by atoms with E-state index in [1.807, 2.05) is 0 Å². The van der Waals surface area contributed by atoms with Crippen LogP contribution in [0.15, 0.2) is 24.4 Å². The molecule has 0 radical (unpaired) electrons. The van der Waals surface area contributed by atoms with Crippen molar-refractivity contribution in [3.05, 3.63) is 46.5 Å². The Morgan fingerprint density at radius 3 is 2.80 bits per heavy atom. The SMILES string of the molecule is CB(O)N(C)c1cc(F)cc2c1Cc1ncc(Cl)cc1-2. The van der Waals surface area contributed by atoms with E-state index in [0.29, 0.717) is 17.1 Å². The van der Waals surface area contributed by atoms with Crippen molar-refractivity contribution in [2.45, 2.75) is 13.2 Å². The quantitative estimate of drug-likeness (QED) is 0.737. The van der Waals surface area contributed by atoms with E-state index in [-0.39, 0.29) is 5.82 Å². The van der Waals surface area contributed by atoms with Crippen LogP contribution in [-0.4, -0.2) is 24.1 Å². The molecule has 1 aromatic carbocycles. The van der Waals surface area contributed by atoms with Crippen LogP contribution in [0.2, 0.25) is 11.8 Å². The van der Waals surface area contributed by atoms with Gasteiger partial charge in [-0.05, 0) is 43.2 Å². The molecule has 0 bridgehead atoms. The summed E-state index contributed by atoms with van der Waals surface area (Å²) in [5, 5.41) is 10.3. The summed E-state index contributed by atoms with van der Waals surface area (Å²) < 4.78 is 13.9. The van der Waals surface area contributed by atoms with Crippen LogP contribution in [-0.2, 0) is 6.42 Å². The number of hydrogen-bond donors (Lipinski definition) is 1. The summed E-state index contributed by atoms with van der Waals surface area (Å²) in [6, 6.07) is 4.75. The molecule has 6 heteroatoms. The molecule has 2 aromatic rings. The molecular formula is C14H13BClFN2O. The topological polar surface area (TPSA) is 36.4 Å². The summed E-state index contributed by atoms with van der Waals surface area (Å²) in [7, 11) is 1.05. The molecule has 0 aliphatic heterocycles. The number of pyridine rings is 1. The standard InChI is InChI=1S/C14H13BClFN2O/c1-15(20)19(2)14-5-9(17)4-10-11-3-8(16)7-18-13(11)6-12(10)14/h3-5,7,20H,6H2,1-2H3. The average Bonchev–Trinajstić information content (AvgIpc) is 2.75. The van der Waals surface area contributed by atoms with E-state index in [9.17, 15) is 9.41 Å². The van der Waals surface area contributed by atoms with Crippen molar-refractivity contribution in [1.29, 1.82) is 0 Å². The predicted molar refractivity (Wildman–Crippen MR) is 79.7 cm³/mol. The van der Waals surface area contributed by atoms with Crippen LogP contribution in [0.5, 0.6) is 0 Å². The van der Waals surface area contributed by atoms with Gasteiger partial charge in [-0.25, -0.2) is 4.39 Å². The Labute approximate surface area is 122 Å². The van der Waals surface area contributed by atoms with Gasteiger partial charge in [-0.3, -0.25) is 4.98 Å². The van der Waals surface area contributed by atoms with Crippen molar-refractivity contribution in [3.8, 4) is 11.1 Å². The van der Waals surface area contributed by atoms with Crippen molar-refractivity contribution in [3.63, 3.8) is 0 Å². The van der Waals surface area contributed by atoms with E-state index in [2.05, 4.69) is 4.98 Å². The van der Waals surface area contributed by atoms with Crippen molar-refractivity contribution >= 4 is 24.3 Å². The summed E-state index contributed by atoms with van der Waals surface area (Å²) in [6.45, 7) is 1.65. The molecule has 0 saturated heterocycles. The number of hydrogen-bond acceptors (Lipinski definition) is 3. The maximum absolute atomic E-state index is 13.9. The van der Waals surface area contributed by atoms with Gasteiger partial charge in [0.2, 0.25) is 0 Å². The van der Waals surface area contributed by atoms with Gasteiger partial charge in [-0.2, -0.15) is 0 Å². The number of halogens is 2. The summed E-state index contributed by atoms with van der Waals surface area (Å²) in [4.78, 5) is 5.96. The molecule has 1 heterocycles. The lowest BCUT2D eigenvalue weighted by Crippen LogP contribution is -2.33. The highest BCUT2D eigenvalue weighted by atomic mass is 35.5. The highest BCUT2D eigenvalue weighted by molar-refractivity contribution is 6.53. The number of fused-ring (bicyclic) bond motifs is 3. The number of rotatable bonds is 2. The van der Waals surface area contributed by atoms with Gasteiger partial charge >= 0.3 is 7.05 Å². The smallest absolute Gasteiger partial charge is 0.409 e. The number of nitrogens with zero attached hydrogens (tertiary/aromatic N) is 2. The molecule has 1 N–H and O–H groups in total. The van der Waals surface area contributed by atoms with Gasteiger partial charge in [0, 0.05) is 23.9 Å². The largest absolute Gasteiger partial charge is 0.432 e. The zero-order chi connectivity index (χ0) is 14.4. The fraction of sp³-hybridized carbons (Fsp3) is 0.214. The third kappa shape index (κ3) is 2.07. The molecular weight excluding hydrogens is 277 g/mol. The molecule has 0 unspecified atom stereocenters. The van der Waals surface area contributed by atoms with E-state index in [4.69, 9.17) is 11.6 Å². The first-order valence-corrected chi connectivity index (χ1v) is 6.73. The van der Waals surface area contributed by atoms with Crippen LogP contribution >= 0.6 is 11.6 Å². The Morgan fingerprint density at radius 1 is 1.35 bits per heavy atom. The number of anilines is 1. The molecule has 3 nitrogen and oxygen atoms in total. The van der Waals surface area contributed by atoms with Crippen LogP contribution in [0.4, 0.5) is 10.1 Å². The van der Waals surface area contributed by atoms with Crippen LogP contribution < -0.4 is 4.81 Å². The van der Waals surface area contributed by atoms with Crippen LogP contribution in [0.1, 0.15) is 11.3 Å². The Morgan fingerprint density at radius 2 is 2.10 bits per heavy atom. The van der Waals surface area contributed by atoms with Crippen molar-refractivity contribution in [2.75, 3.05) is 11.9 Å². The zero-order valence-corrected chi connectivity index (χ0v) is 11.9. The summed E-state index contributed by atoms with van der Waals surface area (Å²) in [5.41, 5.74) is 4.21. The van der Waals surface area contributed by atoms with Crippen LogP contribution in [0, 0.1) is 5.82 Å². The lowest BCUT2D eigenvalue weighted by Gasteiger charge is -2.23. The van der Waals surface area contributed by atoms with Crippen LogP contribution in [0.3, 0.4) is 0 Å². The predicted octanol–water partition coefficient (Wildman–Crippen LogP) is 2.99. The Hall–Kier alpha value is -1.59. The van der Waals surface area contributed by atoms with Gasteiger partial charge in [0.25, 0.3) is 0 Å². The zero-order valence-electron chi connectivity index (χ0n) is 11.2. The number of aromatic nitrogens is 1. The van der Waals surface area contributed by atoms with Gasteiger partial charge in [-0.15, -0.1) is 0 Å². The molecule has 102 valence electrons. The minimum absolute atomic E-state index is 0.334. The van der Waals surface area contributed by atoms with Gasteiger partial charge < -0.3 is 9.83 Å². The minimum atomic E-state index is -0.693. The normalized spacial score (nSPS) is 12.1. The van der Waals surface area contributed by atoms with E-state index in [1.165, 1.54) is 12.1 Å². The maximum Gasteiger partial charge on any atom is 0.409 e. The molecule has 3 rings (SSSR count). The van der Waals surface area contributed by atoms with Gasteiger partial charge in [0.15, 0.2) is 0 Å². The van der Waals surface area contributed by atoms with Gasteiger partial charge in [0.05, 0.1) is 10.7 Å². The second-order valence-electron chi connectivity index (χ2n) is 5.02. The summed E-state index contributed by atoms with van der Waals surface area (Å²) in [6.07, 6.45) is 2.22. The molecule has 0 amide bonds. The molecule has 1 aliphatic rings. The molecule has 0 spiro atoms. The van der Waals surface area contributed by atoms with Crippen molar-refractivity contribution < 1.29 is 9.41 Å². The Balaban J connectivity index is 2.20. The third-order valence-electron chi connectivity index (χ3n) is 3.70. The molecule has 0 saturated carbocycles. The molecule has 0 atom stereocenters. The van der Waals surface area contributed by atoms with E-state index >= 15 is 0 Å². The highest BCUT2D eigenvalue weighted by Gasteiger charge is 2.26.